The van der Waals surface area contributed by atoms with Crippen molar-refractivity contribution in [3.8, 4) is 5.75 Å². The van der Waals surface area contributed by atoms with Crippen LogP contribution < -0.4 is 4.74 Å². The zero-order valence-corrected chi connectivity index (χ0v) is 13.6. The van der Waals surface area contributed by atoms with Gasteiger partial charge in [-0.25, -0.2) is 0 Å². The molecule has 0 N–H and O–H groups in total. The van der Waals surface area contributed by atoms with Gasteiger partial charge in [-0.05, 0) is 30.5 Å². The van der Waals surface area contributed by atoms with Gasteiger partial charge in [0.1, 0.15) is 5.75 Å². The zero-order valence-electron chi connectivity index (χ0n) is 13.6. The Labute approximate surface area is 145 Å². The summed E-state index contributed by atoms with van der Waals surface area (Å²) in [6.07, 6.45) is 4.83. The predicted molar refractivity (Wildman–Crippen MR) is 92.2 cm³/mol. The molecule has 5 heteroatoms. The lowest BCUT2D eigenvalue weighted by atomic mass is 10.0. The van der Waals surface area contributed by atoms with E-state index in [0.29, 0.717) is 12.1 Å². The van der Waals surface area contributed by atoms with E-state index in [1.807, 2.05) is 35.2 Å². The number of rotatable bonds is 5. The Balaban J connectivity index is 1.75. The number of halogens is 2. The van der Waals surface area contributed by atoms with Crippen molar-refractivity contribution in [3.63, 3.8) is 0 Å². The number of nitrogens with zero attached hydrogens (tertiary/aromatic N) is 1. The summed E-state index contributed by atoms with van der Waals surface area (Å²) in [5.41, 5.74) is 1.56. The van der Waals surface area contributed by atoms with Gasteiger partial charge < -0.3 is 9.64 Å². The summed E-state index contributed by atoms with van der Waals surface area (Å²) in [6.45, 7) is -2.20. The number of benzene rings is 2. The molecule has 25 heavy (non-hydrogen) atoms. The third kappa shape index (κ3) is 4.24. The molecule has 1 fully saturated rings. The van der Waals surface area contributed by atoms with Crippen molar-refractivity contribution in [2.45, 2.75) is 25.5 Å². The Hall–Kier alpha value is -2.69. The SMILES string of the molecule is O=C(/C=C\c1ccccc1OC(F)F)N1CCC[C@@H]1c1ccccc1. The van der Waals surface area contributed by atoms with Crippen LogP contribution in [0.2, 0.25) is 0 Å². The van der Waals surface area contributed by atoms with Crippen LogP contribution in [0.5, 0.6) is 5.75 Å². The van der Waals surface area contributed by atoms with Gasteiger partial charge in [-0.1, -0.05) is 48.5 Å². The Morgan fingerprint density at radius 2 is 1.84 bits per heavy atom. The van der Waals surface area contributed by atoms with Crippen molar-refractivity contribution in [1.82, 2.24) is 4.90 Å². The molecule has 1 amide bonds. The van der Waals surface area contributed by atoms with Crippen molar-refractivity contribution in [2.75, 3.05) is 6.54 Å². The first-order valence-electron chi connectivity index (χ1n) is 8.22. The van der Waals surface area contributed by atoms with E-state index in [1.54, 1.807) is 18.2 Å². The van der Waals surface area contributed by atoms with E-state index in [9.17, 15) is 13.6 Å². The Bertz CT molecular complexity index is 746. The molecule has 0 spiro atoms. The fourth-order valence-corrected chi connectivity index (χ4v) is 3.13. The van der Waals surface area contributed by atoms with Crippen LogP contribution in [0.15, 0.2) is 60.7 Å². The molecule has 1 aliphatic heterocycles. The first-order valence-corrected chi connectivity index (χ1v) is 8.22. The average molecular weight is 343 g/mol. The molecule has 0 aliphatic carbocycles. The number of amides is 1. The molecule has 0 unspecified atom stereocenters. The van der Waals surface area contributed by atoms with Gasteiger partial charge in [-0.15, -0.1) is 0 Å². The lowest BCUT2D eigenvalue weighted by molar-refractivity contribution is -0.126. The van der Waals surface area contributed by atoms with Crippen LogP contribution in [0.25, 0.3) is 6.08 Å². The fraction of sp³-hybridized carbons (Fsp3) is 0.250. The van der Waals surface area contributed by atoms with E-state index >= 15 is 0 Å². The summed E-state index contributed by atoms with van der Waals surface area (Å²) in [7, 11) is 0. The second-order valence-electron chi connectivity index (χ2n) is 5.85. The van der Waals surface area contributed by atoms with Crippen molar-refractivity contribution in [3.05, 3.63) is 71.8 Å². The Kier molecular flexibility index (Phi) is 5.43. The normalized spacial score (nSPS) is 17.4. The van der Waals surface area contributed by atoms with E-state index < -0.39 is 6.61 Å². The topological polar surface area (TPSA) is 29.5 Å². The third-order valence-corrected chi connectivity index (χ3v) is 4.26. The molecule has 0 saturated carbocycles. The van der Waals surface area contributed by atoms with Crippen LogP contribution >= 0.6 is 0 Å². The molecule has 0 radical (unpaired) electrons. The summed E-state index contributed by atoms with van der Waals surface area (Å²) < 4.78 is 29.4. The van der Waals surface area contributed by atoms with Crippen molar-refractivity contribution in [1.29, 1.82) is 0 Å². The number of likely N-dealkylation sites (tertiary alicyclic amines) is 1. The summed E-state index contributed by atoms with van der Waals surface area (Å²) in [4.78, 5) is 14.4. The lowest BCUT2D eigenvalue weighted by Gasteiger charge is -2.23. The van der Waals surface area contributed by atoms with E-state index in [-0.39, 0.29) is 17.7 Å². The van der Waals surface area contributed by atoms with Gasteiger partial charge in [0.2, 0.25) is 5.91 Å². The molecule has 130 valence electrons. The number of carbonyl (C=O) groups excluding carboxylic acids is 1. The van der Waals surface area contributed by atoms with E-state index in [4.69, 9.17) is 0 Å². The number of ether oxygens (including phenoxy) is 1. The van der Waals surface area contributed by atoms with Crippen LogP contribution in [-0.4, -0.2) is 24.0 Å². The van der Waals surface area contributed by atoms with E-state index in [1.165, 1.54) is 18.2 Å². The highest BCUT2D eigenvalue weighted by atomic mass is 19.3. The molecular formula is C20H19F2NO2. The second-order valence-corrected chi connectivity index (χ2v) is 5.85. The smallest absolute Gasteiger partial charge is 0.387 e. The number of alkyl halides is 2. The molecule has 2 aromatic rings. The lowest BCUT2D eigenvalue weighted by Crippen LogP contribution is -2.28. The number of hydrogen-bond donors (Lipinski definition) is 0. The first kappa shape index (κ1) is 17.1. The number of para-hydroxylation sites is 1. The summed E-state index contributed by atoms with van der Waals surface area (Å²) >= 11 is 0. The summed E-state index contributed by atoms with van der Waals surface area (Å²) in [5, 5.41) is 0. The van der Waals surface area contributed by atoms with Crippen molar-refractivity contribution < 1.29 is 18.3 Å². The van der Waals surface area contributed by atoms with Crippen LogP contribution in [0.3, 0.4) is 0 Å². The van der Waals surface area contributed by atoms with Crippen LogP contribution in [0, 0.1) is 0 Å². The number of hydrogen-bond acceptors (Lipinski definition) is 2. The van der Waals surface area contributed by atoms with Gasteiger partial charge in [0, 0.05) is 18.2 Å². The molecular weight excluding hydrogens is 324 g/mol. The van der Waals surface area contributed by atoms with Gasteiger partial charge in [0.25, 0.3) is 0 Å². The molecule has 3 nitrogen and oxygen atoms in total. The fourth-order valence-electron chi connectivity index (χ4n) is 3.13. The summed E-state index contributed by atoms with van der Waals surface area (Å²) in [6, 6.07) is 16.4. The van der Waals surface area contributed by atoms with Crippen molar-refractivity contribution >= 4 is 12.0 Å². The maximum atomic E-state index is 12.6. The number of carbonyl (C=O) groups is 1. The molecule has 1 heterocycles. The monoisotopic (exact) mass is 343 g/mol. The summed E-state index contributed by atoms with van der Waals surface area (Å²) in [5.74, 6) is -0.0687. The highest BCUT2D eigenvalue weighted by molar-refractivity contribution is 5.92. The van der Waals surface area contributed by atoms with Crippen LogP contribution in [0.1, 0.15) is 30.0 Å². The second kappa shape index (κ2) is 7.92. The first-order chi connectivity index (χ1) is 12.1. The molecule has 0 bridgehead atoms. The molecule has 3 rings (SSSR count). The zero-order chi connectivity index (χ0) is 17.6. The largest absolute Gasteiger partial charge is 0.434 e. The molecule has 1 atom stereocenters. The van der Waals surface area contributed by atoms with Gasteiger partial charge >= 0.3 is 6.61 Å². The Morgan fingerprint density at radius 1 is 1.12 bits per heavy atom. The van der Waals surface area contributed by atoms with Gasteiger partial charge in [0.05, 0.1) is 6.04 Å². The minimum Gasteiger partial charge on any atom is -0.434 e. The van der Waals surface area contributed by atoms with Gasteiger partial charge in [-0.3, -0.25) is 4.79 Å². The van der Waals surface area contributed by atoms with E-state index in [2.05, 4.69) is 4.74 Å². The van der Waals surface area contributed by atoms with Crippen LogP contribution in [0.4, 0.5) is 8.78 Å². The average Bonchev–Trinajstić information content (AvgIpc) is 3.11. The standard InChI is InChI=1S/C20H19F2NO2/c21-20(22)25-18-11-5-4-9-16(18)12-13-19(24)23-14-6-10-17(23)15-7-2-1-3-8-15/h1-5,7-9,11-13,17,20H,6,10,14H2/b13-12-/t17-/m1/s1. The van der Waals surface area contributed by atoms with Gasteiger partial charge in [0.15, 0.2) is 0 Å². The predicted octanol–water partition coefficient (Wildman–Crippen LogP) is 4.66. The Morgan fingerprint density at radius 3 is 2.60 bits per heavy atom. The minimum absolute atomic E-state index is 0.0579. The molecule has 1 saturated heterocycles. The van der Waals surface area contributed by atoms with Crippen molar-refractivity contribution in [2.24, 2.45) is 0 Å². The third-order valence-electron chi connectivity index (χ3n) is 4.26. The van der Waals surface area contributed by atoms with E-state index in [0.717, 1.165) is 18.4 Å². The highest BCUT2D eigenvalue weighted by Gasteiger charge is 2.28. The minimum atomic E-state index is -2.90. The maximum absolute atomic E-state index is 12.6. The van der Waals surface area contributed by atoms with Gasteiger partial charge in [-0.2, -0.15) is 8.78 Å². The molecule has 2 aromatic carbocycles. The van der Waals surface area contributed by atoms with Crippen LogP contribution in [-0.2, 0) is 4.79 Å². The molecule has 1 aliphatic rings. The maximum Gasteiger partial charge on any atom is 0.387 e. The molecule has 0 aromatic heterocycles. The quantitative estimate of drug-likeness (QED) is 0.739. The highest BCUT2D eigenvalue weighted by Crippen LogP contribution is 2.32.